The smallest absolute Gasteiger partial charge is 0.243 e. The molecule has 126 valence electrons. The van der Waals surface area contributed by atoms with Crippen molar-refractivity contribution in [3.8, 4) is 0 Å². The molecule has 1 heterocycles. The molecule has 0 aromatic heterocycles. The van der Waals surface area contributed by atoms with Gasteiger partial charge in [0, 0.05) is 31.7 Å². The Morgan fingerprint density at radius 1 is 1.17 bits per heavy atom. The fourth-order valence-corrected chi connectivity index (χ4v) is 5.13. The van der Waals surface area contributed by atoms with Gasteiger partial charge in [0.25, 0.3) is 0 Å². The summed E-state index contributed by atoms with van der Waals surface area (Å²) in [6, 6.07) is 5.21. The number of amides is 1. The maximum absolute atomic E-state index is 12.8. The second-order valence-corrected chi connectivity index (χ2v) is 8.55. The molecule has 0 bridgehead atoms. The van der Waals surface area contributed by atoms with E-state index in [1.165, 1.54) is 4.31 Å². The van der Waals surface area contributed by atoms with E-state index >= 15 is 0 Å². The summed E-state index contributed by atoms with van der Waals surface area (Å²) in [5.74, 6) is 0.117. The first-order valence-electron chi connectivity index (χ1n) is 8.30. The minimum Gasteiger partial charge on any atom is -0.312 e. The normalized spacial score (nSPS) is 20.0. The highest BCUT2D eigenvalue weighted by Crippen LogP contribution is 2.31. The van der Waals surface area contributed by atoms with Gasteiger partial charge in [0.15, 0.2) is 0 Å². The molecular formula is C17H24N2O3S. The number of rotatable bonds is 4. The molecule has 1 aromatic carbocycles. The Morgan fingerprint density at radius 2 is 1.87 bits per heavy atom. The van der Waals surface area contributed by atoms with Gasteiger partial charge in [-0.3, -0.25) is 4.79 Å². The van der Waals surface area contributed by atoms with Crippen LogP contribution in [0.4, 0.5) is 5.69 Å². The van der Waals surface area contributed by atoms with Crippen molar-refractivity contribution in [1.29, 1.82) is 0 Å². The van der Waals surface area contributed by atoms with Crippen LogP contribution >= 0.6 is 0 Å². The Hall–Kier alpha value is -1.40. The third kappa shape index (κ3) is 3.02. The van der Waals surface area contributed by atoms with E-state index in [-0.39, 0.29) is 11.9 Å². The van der Waals surface area contributed by atoms with Crippen molar-refractivity contribution < 1.29 is 13.2 Å². The van der Waals surface area contributed by atoms with Gasteiger partial charge in [-0.1, -0.05) is 12.8 Å². The van der Waals surface area contributed by atoms with E-state index in [4.69, 9.17) is 0 Å². The van der Waals surface area contributed by atoms with Crippen LogP contribution in [0.2, 0.25) is 0 Å². The van der Waals surface area contributed by atoms with Crippen molar-refractivity contribution in [3.63, 3.8) is 0 Å². The maximum atomic E-state index is 12.8. The fraction of sp³-hybridized carbons (Fsp3) is 0.588. The molecule has 0 atom stereocenters. The molecule has 1 saturated heterocycles. The highest BCUT2D eigenvalue weighted by atomic mass is 32.2. The van der Waals surface area contributed by atoms with Gasteiger partial charge in [-0.25, -0.2) is 8.42 Å². The lowest BCUT2D eigenvalue weighted by molar-refractivity contribution is -0.117. The lowest BCUT2D eigenvalue weighted by atomic mass is 10.2. The third-order valence-electron chi connectivity index (χ3n) is 5.05. The number of benzene rings is 1. The van der Waals surface area contributed by atoms with Crippen LogP contribution in [-0.2, 0) is 14.8 Å². The number of carbonyl (C=O) groups excluding carboxylic acids is 1. The Bertz CT molecular complexity index is 709. The zero-order chi connectivity index (χ0) is 16.6. The summed E-state index contributed by atoms with van der Waals surface area (Å²) in [5.41, 5.74) is 1.66. The molecule has 1 amide bonds. The van der Waals surface area contributed by atoms with Gasteiger partial charge in [-0.15, -0.1) is 0 Å². The molecule has 3 rings (SSSR count). The predicted molar refractivity (Wildman–Crippen MR) is 90.0 cm³/mol. The summed E-state index contributed by atoms with van der Waals surface area (Å²) in [5, 5.41) is 0. The molecule has 0 N–H and O–H groups in total. The van der Waals surface area contributed by atoms with Crippen LogP contribution in [0.1, 0.15) is 44.1 Å². The molecule has 5 nitrogen and oxygen atoms in total. The van der Waals surface area contributed by atoms with Crippen molar-refractivity contribution in [2.24, 2.45) is 0 Å². The molecule has 1 saturated carbocycles. The average molecular weight is 336 g/mol. The molecule has 0 spiro atoms. The largest absolute Gasteiger partial charge is 0.312 e. The fourth-order valence-electron chi connectivity index (χ4n) is 3.62. The number of hydrogen-bond donors (Lipinski definition) is 0. The molecule has 2 fully saturated rings. The monoisotopic (exact) mass is 336 g/mol. The van der Waals surface area contributed by atoms with Crippen LogP contribution in [0.25, 0.3) is 0 Å². The zero-order valence-corrected chi connectivity index (χ0v) is 14.6. The van der Waals surface area contributed by atoms with Crippen molar-refractivity contribution in [1.82, 2.24) is 4.31 Å². The van der Waals surface area contributed by atoms with E-state index in [9.17, 15) is 13.2 Å². The minimum atomic E-state index is -3.47. The standard InChI is InChI=1S/C17H24N2O3S/c1-13-12-15(9-10-16(13)19-11-5-8-17(19)20)23(21,22)18(2)14-6-3-4-7-14/h9-10,12,14H,3-8,11H2,1-2H3. The lowest BCUT2D eigenvalue weighted by Gasteiger charge is -2.25. The quantitative estimate of drug-likeness (QED) is 0.849. The number of nitrogens with zero attached hydrogens (tertiary/aromatic N) is 2. The molecule has 0 unspecified atom stereocenters. The summed E-state index contributed by atoms with van der Waals surface area (Å²) < 4.78 is 27.2. The number of sulfonamides is 1. The van der Waals surface area contributed by atoms with E-state index in [2.05, 4.69) is 0 Å². The Kier molecular flexibility index (Phi) is 4.47. The van der Waals surface area contributed by atoms with Crippen LogP contribution in [0.5, 0.6) is 0 Å². The Balaban J connectivity index is 1.88. The first-order chi connectivity index (χ1) is 10.9. The molecule has 6 heteroatoms. The number of hydrogen-bond acceptors (Lipinski definition) is 3. The molecule has 1 aliphatic heterocycles. The second kappa shape index (κ2) is 6.24. The number of anilines is 1. The average Bonchev–Trinajstić information content (AvgIpc) is 3.18. The highest BCUT2D eigenvalue weighted by Gasteiger charge is 2.31. The van der Waals surface area contributed by atoms with E-state index in [0.29, 0.717) is 17.9 Å². The van der Waals surface area contributed by atoms with E-state index in [1.54, 1.807) is 30.1 Å². The van der Waals surface area contributed by atoms with Crippen LogP contribution in [0.15, 0.2) is 23.1 Å². The second-order valence-electron chi connectivity index (χ2n) is 6.56. The Morgan fingerprint density at radius 3 is 2.43 bits per heavy atom. The number of aryl methyl sites for hydroxylation is 1. The van der Waals surface area contributed by atoms with Crippen LogP contribution in [-0.4, -0.2) is 38.3 Å². The molecule has 1 aliphatic carbocycles. The van der Waals surface area contributed by atoms with Gasteiger partial charge in [0.05, 0.1) is 4.90 Å². The first-order valence-corrected chi connectivity index (χ1v) is 9.74. The van der Waals surface area contributed by atoms with Gasteiger partial charge in [0.1, 0.15) is 0 Å². The van der Waals surface area contributed by atoms with Crippen molar-refractivity contribution in [2.45, 2.75) is 56.4 Å². The highest BCUT2D eigenvalue weighted by molar-refractivity contribution is 7.89. The molecule has 2 aliphatic rings. The molecular weight excluding hydrogens is 312 g/mol. The van der Waals surface area contributed by atoms with Crippen LogP contribution < -0.4 is 4.90 Å². The summed E-state index contributed by atoms with van der Waals surface area (Å²) in [6.07, 6.45) is 5.51. The summed E-state index contributed by atoms with van der Waals surface area (Å²) in [7, 11) is -1.79. The molecule has 23 heavy (non-hydrogen) atoms. The Labute approximate surface area is 138 Å². The summed E-state index contributed by atoms with van der Waals surface area (Å²) >= 11 is 0. The summed E-state index contributed by atoms with van der Waals surface area (Å²) in [6.45, 7) is 2.59. The maximum Gasteiger partial charge on any atom is 0.243 e. The first kappa shape index (κ1) is 16.5. The third-order valence-corrected chi connectivity index (χ3v) is 6.95. The predicted octanol–water partition coefficient (Wildman–Crippen LogP) is 2.68. The minimum absolute atomic E-state index is 0.111. The van der Waals surface area contributed by atoms with Gasteiger partial charge in [-0.05, 0) is 49.9 Å². The van der Waals surface area contributed by atoms with Gasteiger partial charge >= 0.3 is 0 Å². The van der Waals surface area contributed by atoms with Crippen LogP contribution in [0.3, 0.4) is 0 Å². The van der Waals surface area contributed by atoms with Crippen molar-refractivity contribution in [3.05, 3.63) is 23.8 Å². The topological polar surface area (TPSA) is 57.7 Å². The zero-order valence-electron chi connectivity index (χ0n) is 13.8. The molecule has 0 radical (unpaired) electrons. The van der Waals surface area contributed by atoms with Crippen molar-refractivity contribution >= 4 is 21.6 Å². The van der Waals surface area contributed by atoms with E-state index in [1.807, 2.05) is 6.92 Å². The SMILES string of the molecule is Cc1cc(S(=O)(=O)N(C)C2CCCC2)ccc1N1CCCC1=O. The summed E-state index contributed by atoms with van der Waals surface area (Å²) in [4.78, 5) is 14.0. The number of carbonyl (C=O) groups is 1. The lowest BCUT2D eigenvalue weighted by Crippen LogP contribution is -2.35. The van der Waals surface area contributed by atoms with Crippen LogP contribution in [0, 0.1) is 6.92 Å². The van der Waals surface area contributed by atoms with Gasteiger partial charge in [0.2, 0.25) is 15.9 Å². The van der Waals surface area contributed by atoms with Gasteiger partial charge in [-0.2, -0.15) is 4.31 Å². The van der Waals surface area contributed by atoms with Gasteiger partial charge < -0.3 is 4.90 Å². The van der Waals surface area contributed by atoms with E-state index < -0.39 is 10.0 Å². The molecule has 1 aromatic rings. The van der Waals surface area contributed by atoms with E-state index in [0.717, 1.165) is 43.4 Å². The van der Waals surface area contributed by atoms with Crippen molar-refractivity contribution in [2.75, 3.05) is 18.5 Å².